The summed E-state index contributed by atoms with van der Waals surface area (Å²) < 4.78 is 5.20. The molecule has 18 heavy (non-hydrogen) atoms. The molecule has 0 unspecified atom stereocenters. The molecule has 0 saturated heterocycles. The van der Waals surface area contributed by atoms with Crippen molar-refractivity contribution in [2.75, 3.05) is 6.54 Å². The summed E-state index contributed by atoms with van der Waals surface area (Å²) in [6.07, 6.45) is 4.62. The van der Waals surface area contributed by atoms with Crippen LogP contribution >= 0.6 is 0 Å². The zero-order valence-corrected chi connectivity index (χ0v) is 10.5. The average Bonchev–Trinajstić information content (AvgIpc) is 2.85. The van der Waals surface area contributed by atoms with Crippen LogP contribution in [0.2, 0.25) is 0 Å². The second-order valence-corrected chi connectivity index (χ2v) is 4.34. The maximum absolute atomic E-state index is 5.44. The molecule has 0 aliphatic rings. The number of nitrogens with two attached hydrogens (primary N) is 1. The van der Waals surface area contributed by atoms with E-state index in [-0.39, 0.29) is 0 Å². The van der Waals surface area contributed by atoms with Crippen molar-refractivity contribution in [3.63, 3.8) is 0 Å². The van der Waals surface area contributed by atoms with Crippen LogP contribution in [0.3, 0.4) is 0 Å². The Morgan fingerprint density at radius 2 is 1.83 bits per heavy atom. The Bertz CT molecular complexity index is 453. The van der Waals surface area contributed by atoms with Crippen molar-refractivity contribution in [2.24, 2.45) is 5.73 Å². The third kappa shape index (κ3) is 3.96. The fraction of sp³-hybridized carbons (Fsp3) is 0.429. The van der Waals surface area contributed by atoms with Gasteiger partial charge in [0.25, 0.3) is 0 Å². The summed E-state index contributed by atoms with van der Waals surface area (Å²) in [4.78, 5) is 4.35. The summed E-state index contributed by atoms with van der Waals surface area (Å²) in [7, 11) is 0. The standard InChI is InChI=1S/C14H19N3O/c15-11-5-9-13-16-14(18-17-13)10-4-8-12-6-2-1-3-7-12/h1-3,6-7H,4-5,8-11,15H2. The maximum atomic E-state index is 5.44. The third-order valence-electron chi connectivity index (χ3n) is 2.81. The molecule has 1 heterocycles. The van der Waals surface area contributed by atoms with Gasteiger partial charge in [0.1, 0.15) is 0 Å². The van der Waals surface area contributed by atoms with Crippen LogP contribution < -0.4 is 5.73 Å². The highest BCUT2D eigenvalue weighted by Crippen LogP contribution is 2.07. The minimum atomic E-state index is 0.665. The van der Waals surface area contributed by atoms with Crippen molar-refractivity contribution in [1.82, 2.24) is 10.1 Å². The van der Waals surface area contributed by atoms with Gasteiger partial charge >= 0.3 is 0 Å². The molecule has 2 N–H and O–H groups in total. The third-order valence-corrected chi connectivity index (χ3v) is 2.81. The first-order valence-electron chi connectivity index (χ1n) is 6.44. The number of aromatic nitrogens is 2. The minimum absolute atomic E-state index is 0.665. The first-order valence-corrected chi connectivity index (χ1v) is 6.44. The van der Waals surface area contributed by atoms with Crippen LogP contribution in [-0.4, -0.2) is 16.7 Å². The number of hydrogen-bond donors (Lipinski definition) is 1. The summed E-state index contributed by atoms with van der Waals surface area (Å²) in [6.45, 7) is 0.665. The predicted octanol–water partition coefficient (Wildman–Crippen LogP) is 2.14. The number of rotatable bonds is 7. The van der Waals surface area contributed by atoms with Crippen LogP contribution in [0.15, 0.2) is 34.9 Å². The van der Waals surface area contributed by atoms with Crippen LogP contribution in [0.5, 0.6) is 0 Å². The molecule has 4 nitrogen and oxygen atoms in total. The molecule has 0 amide bonds. The first-order chi connectivity index (χ1) is 8.88. The lowest BCUT2D eigenvalue weighted by molar-refractivity contribution is 0.370. The molecule has 0 fully saturated rings. The Morgan fingerprint density at radius 1 is 1.00 bits per heavy atom. The van der Waals surface area contributed by atoms with Crippen LogP contribution in [0.4, 0.5) is 0 Å². The molecule has 1 aromatic carbocycles. The van der Waals surface area contributed by atoms with Gasteiger partial charge in [-0.3, -0.25) is 0 Å². The number of nitrogens with zero attached hydrogens (tertiary/aromatic N) is 2. The zero-order chi connectivity index (χ0) is 12.6. The van der Waals surface area contributed by atoms with Crippen molar-refractivity contribution < 1.29 is 4.52 Å². The van der Waals surface area contributed by atoms with Crippen molar-refractivity contribution in [3.05, 3.63) is 47.6 Å². The molecule has 0 bridgehead atoms. The van der Waals surface area contributed by atoms with Gasteiger partial charge in [-0.05, 0) is 31.4 Å². The van der Waals surface area contributed by atoms with E-state index in [0.29, 0.717) is 6.54 Å². The van der Waals surface area contributed by atoms with Crippen LogP contribution in [0.25, 0.3) is 0 Å². The van der Waals surface area contributed by atoms with E-state index in [4.69, 9.17) is 10.3 Å². The molecular weight excluding hydrogens is 226 g/mol. The smallest absolute Gasteiger partial charge is 0.226 e. The first kappa shape index (κ1) is 12.8. The van der Waals surface area contributed by atoms with Crippen molar-refractivity contribution >= 4 is 0 Å². The Kier molecular flexibility index (Phi) is 4.90. The summed E-state index contributed by atoms with van der Waals surface area (Å²) in [5.41, 5.74) is 6.79. The van der Waals surface area contributed by atoms with E-state index < -0.39 is 0 Å². The Morgan fingerprint density at radius 3 is 2.61 bits per heavy atom. The van der Waals surface area contributed by atoms with Crippen LogP contribution in [0.1, 0.15) is 30.1 Å². The van der Waals surface area contributed by atoms with Crippen LogP contribution in [-0.2, 0) is 19.3 Å². The van der Waals surface area contributed by atoms with Crippen LogP contribution in [0, 0.1) is 0 Å². The topological polar surface area (TPSA) is 64.9 Å². The van der Waals surface area contributed by atoms with E-state index >= 15 is 0 Å². The summed E-state index contributed by atoms with van der Waals surface area (Å²) in [5.74, 6) is 1.51. The van der Waals surface area contributed by atoms with Gasteiger partial charge in [0.2, 0.25) is 5.89 Å². The van der Waals surface area contributed by atoms with Gasteiger partial charge in [0.05, 0.1) is 0 Å². The van der Waals surface area contributed by atoms with E-state index in [9.17, 15) is 0 Å². The molecule has 0 saturated carbocycles. The van der Waals surface area contributed by atoms with E-state index in [2.05, 4.69) is 34.4 Å². The normalized spacial score (nSPS) is 10.7. The maximum Gasteiger partial charge on any atom is 0.226 e. The van der Waals surface area contributed by atoms with Gasteiger partial charge in [-0.1, -0.05) is 35.5 Å². The molecule has 2 aromatic rings. The Balaban J connectivity index is 1.75. The zero-order valence-electron chi connectivity index (χ0n) is 10.5. The largest absolute Gasteiger partial charge is 0.339 e. The van der Waals surface area contributed by atoms with Gasteiger partial charge in [0, 0.05) is 12.8 Å². The average molecular weight is 245 g/mol. The summed E-state index contributed by atoms with van der Waals surface area (Å²) in [5, 5.41) is 3.94. The molecule has 2 rings (SSSR count). The highest BCUT2D eigenvalue weighted by atomic mass is 16.5. The molecular formula is C14H19N3O. The summed E-state index contributed by atoms with van der Waals surface area (Å²) in [6, 6.07) is 10.4. The van der Waals surface area contributed by atoms with E-state index in [1.165, 1.54) is 5.56 Å². The van der Waals surface area contributed by atoms with E-state index in [1.54, 1.807) is 0 Å². The molecule has 4 heteroatoms. The summed E-state index contributed by atoms with van der Waals surface area (Å²) >= 11 is 0. The highest BCUT2D eigenvalue weighted by Gasteiger charge is 2.05. The highest BCUT2D eigenvalue weighted by molar-refractivity contribution is 5.14. The number of aryl methyl sites for hydroxylation is 3. The number of benzene rings is 1. The van der Waals surface area contributed by atoms with Crippen molar-refractivity contribution in [1.29, 1.82) is 0 Å². The predicted molar refractivity (Wildman–Crippen MR) is 70.1 cm³/mol. The molecule has 0 radical (unpaired) electrons. The SMILES string of the molecule is NCCCc1noc(CCCc2ccccc2)n1. The Labute approximate surface area is 107 Å². The lowest BCUT2D eigenvalue weighted by atomic mass is 10.1. The van der Waals surface area contributed by atoms with Gasteiger partial charge < -0.3 is 10.3 Å². The lowest BCUT2D eigenvalue weighted by Gasteiger charge is -1.98. The number of hydrogen-bond acceptors (Lipinski definition) is 4. The molecule has 1 aromatic heterocycles. The van der Waals surface area contributed by atoms with E-state index in [0.717, 1.165) is 43.8 Å². The molecule has 0 aliphatic heterocycles. The molecule has 0 atom stereocenters. The van der Waals surface area contributed by atoms with Gasteiger partial charge in [-0.25, -0.2) is 0 Å². The second kappa shape index (κ2) is 6.91. The van der Waals surface area contributed by atoms with Gasteiger partial charge in [-0.2, -0.15) is 4.98 Å². The Hall–Kier alpha value is -1.68. The monoisotopic (exact) mass is 245 g/mol. The molecule has 0 spiro atoms. The minimum Gasteiger partial charge on any atom is -0.339 e. The van der Waals surface area contributed by atoms with Gasteiger partial charge in [0.15, 0.2) is 5.82 Å². The molecule has 96 valence electrons. The van der Waals surface area contributed by atoms with Crippen molar-refractivity contribution in [3.8, 4) is 0 Å². The quantitative estimate of drug-likeness (QED) is 0.811. The van der Waals surface area contributed by atoms with E-state index in [1.807, 2.05) is 6.07 Å². The second-order valence-electron chi connectivity index (χ2n) is 4.34. The van der Waals surface area contributed by atoms with Crippen molar-refractivity contribution in [2.45, 2.75) is 32.1 Å². The fourth-order valence-corrected chi connectivity index (χ4v) is 1.84. The lowest BCUT2D eigenvalue weighted by Crippen LogP contribution is -2.01. The fourth-order valence-electron chi connectivity index (χ4n) is 1.84. The molecule has 0 aliphatic carbocycles. The van der Waals surface area contributed by atoms with Gasteiger partial charge in [-0.15, -0.1) is 0 Å².